The Balaban J connectivity index is 1.77. The maximum atomic E-state index is 12.8. The van der Waals surface area contributed by atoms with Crippen LogP contribution in [0.25, 0.3) is 0 Å². The van der Waals surface area contributed by atoms with Crippen molar-refractivity contribution in [3.63, 3.8) is 0 Å². The topological polar surface area (TPSA) is 107 Å². The van der Waals surface area contributed by atoms with Gasteiger partial charge in [-0.25, -0.2) is 8.42 Å². The number of rotatable bonds is 6. The van der Waals surface area contributed by atoms with Gasteiger partial charge in [0.2, 0.25) is 0 Å². The lowest BCUT2D eigenvalue weighted by Gasteiger charge is -2.09. The van der Waals surface area contributed by atoms with Gasteiger partial charge in [0.25, 0.3) is 15.7 Å². The summed E-state index contributed by atoms with van der Waals surface area (Å²) in [5, 5.41) is 14.7. The fraction of sp³-hybridized carbons (Fsp3) is 0.118. The third kappa shape index (κ3) is 4.90. The Kier molecular flexibility index (Phi) is 5.29. The molecule has 1 aromatic heterocycles. The zero-order valence-corrected chi connectivity index (χ0v) is 15.3. The molecule has 2 aromatic carbocycles. The van der Waals surface area contributed by atoms with Crippen molar-refractivity contribution in [3.8, 4) is 0 Å². The summed E-state index contributed by atoms with van der Waals surface area (Å²) in [5.74, 6) is 0. The maximum Gasteiger partial charge on any atom is 0.416 e. The van der Waals surface area contributed by atoms with Crippen molar-refractivity contribution < 1.29 is 26.5 Å². The van der Waals surface area contributed by atoms with Crippen LogP contribution in [0.2, 0.25) is 0 Å². The fourth-order valence-corrected chi connectivity index (χ4v) is 3.58. The van der Waals surface area contributed by atoms with Gasteiger partial charge in [-0.2, -0.15) is 18.3 Å². The summed E-state index contributed by atoms with van der Waals surface area (Å²) in [5.41, 5.74) is -0.790. The summed E-state index contributed by atoms with van der Waals surface area (Å²) in [6.07, 6.45) is -1.99. The van der Waals surface area contributed by atoms with Gasteiger partial charge < -0.3 is 0 Å². The van der Waals surface area contributed by atoms with Crippen molar-refractivity contribution in [1.82, 2.24) is 9.78 Å². The molecule has 0 spiro atoms. The van der Waals surface area contributed by atoms with Gasteiger partial charge in [-0.1, -0.05) is 18.2 Å². The van der Waals surface area contributed by atoms with Crippen molar-refractivity contribution in [2.45, 2.75) is 17.6 Å². The Bertz CT molecular complexity index is 1160. The molecule has 0 aliphatic carbocycles. The predicted molar refractivity (Wildman–Crippen MR) is 96.7 cm³/mol. The number of nitro benzene ring substituents is 1. The van der Waals surface area contributed by atoms with Crippen LogP contribution in [-0.4, -0.2) is 23.1 Å². The second-order valence-electron chi connectivity index (χ2n) is 5.98. The Labute approximate surface area is 162 Å². The summed E-state index contributed by atoms with van der Waals surface area (Å²) in [6.45, 7) is -0.0115. The van der Waals surface area contributed by atoms with Crippen molar-refractivity contribution in [1.29, 1.82) is 0 Å². The number of anilines is 1. The number of hydrogen-bond acceptors (Lipinski definition) is 5. The van der Waals surface area contributed by atoms with Gasteiger partial charge in [-0.3, -0.25) is 19.5 Å². The minimum absolute atomic E-state index is 0.0115. The third-order valence-corrected chi connectivity index (χ3v) is 5.20. The molecule has 0 radical (unpaired) electrons. The zero-order chi connectivity index (χ0) is 21.2. The van der Waals surface area contributed by atoms with Gasteiger partial charge in [0.1, 0.15) is 0 Å². The molecule has 0 saturated heterocycles. The van der Waals surface area contributed by atoms with E-state index in [1.54, 1.807) is 0 Å². The highest BCUT2D eigenvalue weighted by Gasteiger charge is 2.30. The molecule has 1 heterocycles. The molecule has 152 valence electrons. The third-order valence-electron chi connectivity index (χ3n) is 3.82. The lowest BCUT2D eigenvalue weighted by molar-refractivity contribution is -0.385. The van der Waals surface area contributed by atoms with Crippen LogP contribution in [0.15, 0.2) is 65.8 Å². The Morgan fingerprint density at radius 1 is 1.14 bits per heavy atom. The number of aromatic nitrogens is 2. The molecule has 0 atom stereocenters. The molecule has 3 aromatic rings. The van der Waals surface area contributed by atoms with Crippen LogP contribution in [-0.2, 0) is 22.7 Å². The van der Waals surface area contributed by atoms with E-state index in [2.05, 4.69) is 9.82 Å². The molecule has 0 fully saturated rings. The summed E-state index contributed by atoms with van der Waals surface area (Å²) in [4.78, 5) is 9.78. The minimum Gasteiger partial charge on any atom is -0.276 e. The molecule has 0 aliphatic heterocycles. The lowest BCUT2D eigenvalue weighted by atomic mass is 10.1. The first-order chi connectivity index (χ1) is 13.5. The standard InChI is InChI=1S/C17H13F3N4O4S/c18-17(19,20)13-4-1-3-12(7-13)10-23-11-14(9-21-23)22-29(27,28)16-6-2-5-15(8-16)24(25)26/h1-9,11,22H,10H2. The molecule has 12 heteroatoms. The highest BCUT2D eigenvalue weighted by molar-refractivity contribution is 7.92. The number of benzene rings is 2. The number of alkyl halides is 3. The maximum absolute atomic E-state index is 12.8. The molecule has 0 unspecified atom stereocenters. The molecular weight excluding hydrogens is 413 g/mol. The SMILES string of the molecule is O=[N+]([O-])c1cccc(S(=O)(=O)Nc2cnn(Cc3cccc(C(F)(F)F)c3)c2)c1. The highest BCUT2D eigenvalue weighted by atomic mass is 32.2. The minimum atomic E-state index is -4.47. The molecule has 0 amide bonds. The number of non-ortho nitro benzene ring substituents is 1. The average molecular weight is 426 g/mol. The number of nitro groups is 1. The highest BCUT2D eigenvalue weighted by Crippen LogP contribution is 2.29. The number of hydrogen-bond donors (Lipinski definition) is 1. The van der Waals surface area contributed by atoms with Crippen molar-refractivity contribution >= 4 is 21.4 Å². The average Bonchev–Trinajstić information content (AvgIpc) is 3.07. The number of nitrogens with one attached hydrogen (secondary N) is 1. The van der Waals surface area contributed by atoms with Crippen LogP contribution in [0, 0.1) is 10.1 Å². The summed E-state index contributed by atoms with van der Waals surface area (Å²) in [6, 6.07) is 9.20. The van der Waals surface area contributed by atoms with Crippen LogP contribution in [0.5, 0.6) is 0 Å². The fourth-order valence-electron chi connectivity index (χ4n) is 2.51. The van der Waals surface area contributed by atoms with E-state index >= 15 is 0 Å². The Morgan fingerprint density at radius 3 is 2.55 bits per heavy atom. The van der Waals surface area contributed by atoms with E-state index in [-0.39, 0.29) is 22.8 Å². The second-order valence-corrected chi connectivity index (χ2v) is 7.67. The molecule has 29 heavy (non-hydrogen) atoms. The molecule has 0 bridgehead atoms. The Hall–Kier alpha value is -3.41. The van der Waals surface area contributed by atoms with E-state index in [1.807, 2.05) is 0 Å². The monoisotopic (exact) mass is 426 g/mol. The number of nitrogens with zero attached hydrogens (tertiary/aromatic N) is 3. The van der Waals surface area contributed by atoms with E-state index in [9.17, 15) is 31.7 Å². The van der Waals surface area contributed by atoms with Crippen molar-refractivity contribution in [3.05, 3.63) is 82.2 Å². The molecule has 0 saturated carbocycles. The molecule has 8 nitrogen and oxygen atoms in total. The summed E-state index contributed by atoms with van der Waals surface area (Å²) >= 11 is 0. The molecule has 3 rings (SSSR count). The van der Waals surface area contributed by atoms with Crippen LogP contribution in [0.1, 0.15) is 11.1 Å². The van der Waals surface area contributed by atoms with Gasteiger partial charge in [0.05, 0.1) is 33.8 Å². The first-order valence-corrected chi connectivity index (χ1v) is 9.49. The van der Waals surface area contributed by atoms with Crippen LogP contribution < -0.4 is 4.72 Å². The van der Waals surface area contributed by atoms with Gasteiger partial charge in [-0.15, -0.1) is 0 Å². The quantitative estimate of drug-likeness (QED) is 0.478. The van der Waals surface area contributed by atoms with E-state index in [1.165, 1.54) is 41.3 Å². The van der Waals surface area contributed by atoms with Crippen molar-refractivity contribution in [2.24, 2.45) is 0 Å². The summed E-state index contributed by atoms with van der Waals surface area (Å²) in [7, 11) is -4.11. The normalized spacial score (nSPS) is 12.0. The van der Waals surface area contributed by atoms with Crippen LogP contribution in [0.3, 0.4) is 0 Å². The predicted octanol–water partition coefficient (Wildman–Crippen LogP) is 3.66. The Morgan fingerprint density at radius 2 is 1.86 bits per heavy atom. The van der Waals surface area contributed by atoms with E-state index in [4.69, 9.17) is 0 Å². The van der Waals surface area contributed by atoms with Gasteiger partial charge in [0.15, 0.2) is 0 Å². The second kappa shape index (κ2) is 7.54. The van der Waals surface area contributed by atoms with Crippen LogP contribution >= 0.6 is 0 Å². The van der Waals surface area contributed by atoms with E-state index < -0.39 is 26.7 Å². The summed E-state index contributed by atoms with van der Waals surface area (Å²) < 4.78 is 66.7. The van der Waals surface area contributed by atoms with Gasteiger partial charge >= 0.3 is 6.18 Å². The molecular formula is C17H13F3N4O4S. The van der Waals surface area contributed by atoms with E-state index in [0.29, 0.717) is 5.56 Å². The van der Waals surface area contributed by atoms with E-state index in [0.717, 1.165) is 24.3 Å². The zero-order valence-electron chi connectivity index (χ0n) is 14.5. The van der Waals surface area contributed by atoms with Gasteiger partial charge in [0, 0.05) is 18.3 Å². The number of sulfonamides is 1. The first-order valence-electron chi connectivity index (χ1n) is 8.00. The molecule has 1 N–H and O–H groups in total. The largest absolute Gasteiger partial charge is 0.416 e. The molecule has 0 aliphatic rings. The van der Waals surface area contributed by atoms with Crippen molar-refractivity contribution in [2.75, 3.05) is 4.72 Å². The smallest absolute Gasteiger partial charge is 0.276 e. The van der Waals surface area contributed by atoms with Crippen LogP contribution in [0.4, 0.5) is 24.5 Å². The lowest BCUT2D eigenvalue weighted by Crippen LogP contribution is -2.12. The first kappa shape index (κ1) is 20.3. The van der Waals surface area contributed by atoms with Gasteiger partial charge in [-0.05, 0) is 23.8 Å². The number of halogens is 3.